The van der Waals surface area contributed by atoms with Gasteiger partial charge in [0.1, 0.15) is 17.8 Å². The summed E-state index contributed by atoms with van der Waals surface area (Å²) in [5.74, 6) is 1.54. The molecule has 0 atom stereocenters. The molecule has 170 valence electrons. The molecule has 0 saturated carbocycles. The highest BCUT2D eigenvalue weighted by Gasteiger charge is 2.12. The van der Waals surface area contributed by atoms with Crippen LogP contribution in [-0.2, 0) is 0 Å². The molecule has 0 unspecified atom stereocenters. The molecule has 6 nitrogen and oxygen atoms in total. The highest BCUT2D eigenvalue weighted by molar-refractivity contribution is 6.01. The van der Waals surface area contributed by atoms with Crippen LogP contribution < -0.4 is 10.1 Å². The highest BCUT2D eigenvalue weighted by atomic mass is 16.5. The molecule has 0 amide bonds. The van der Waals surface area contributed by atoms with Gasteiger partial charge in [-0.25, -0.2) is 4.98 Å². The fourth-order valence-electron chi connectivity index (χ4n) is 4.30. The fraction of sp³-hybridized carbons (Fsp3) is 0.0690. The highest BCUT2D eigenvalue weighted by Crippen LogP contribution is 2.32. The summed E-state index contributed by atoms with van der Waals surface area (Å²) < 4.78 is 7.33. The molecule has 6 rings (SSSR count). The van der Waals surface area contributed by atoms with Gasteiger partial charge < -0.3 is 10.1 Å². The van der Waals surface area contributed by atoms with Crippen molar-refractivity contribution in [2.75, 3.05) is 12.4 Å². The van der Waals surface area contributed by atoms with Gasteiger partial charge in [0.15, 0.2) is 5.82 Å². The van der Waals surface area contributed by atoms with Crippen molar-refractivity contribution in [2.45, 2.75) is 6.92 Å². The van der Waals surface area contributed by atoms with E-state index in [-0.39, 0.29) is 0 Å². The number of fused-ring (bicyclic) bond motifs is 2. The Morgan fingerprint density at radius 1 is 0.800 bits per heavy atom. The third-order valence-electron chi connectivity index (χ3n) is 6.17. The predicted molar refractivity (Wildman–Crippen MR) is 141 cm³/mol. The molecule has 0 aliphatic carbocycles. The Labute approximate surface area is 202 Å². The minimum absolute atomic E-state index is 0.713. The molecule has 2 heterocycles. The summed E-state index contributed by atoms with van der Waals surface area (Å²) >= 11 is 0. The van der Waals surface area contributed by atoms with Crippen LogP contribution in [-0.4, -0.2) is 26.9 Å². The van der Waals surface area contributed by atoms with E-state index in [0.717, 1.165) is 50.2 Å². The van der Waals surface area contributed by atoms with Gasteiger partial charge in [-0.2, -0.15) is 0 Å². The van der Waals surface area contributed by atoms with Crippen LogP contribution in [0.3, 0.4) is 0 Å². The van der Waals surface area contributed by atoms with E-state index >= 15 is 0 Å². The number of nitrogens with zero attached hydrogens (tertiary/aromatic N) is 4. The maximum atomic E-state index is 5.27. The minimum atomic E-state index is 0.713. The number of nitrogens with one attached hydrogen (secondary N) is 1. The Morgan fingerprint density at radius 3 is 2.34 bits per heavy atom. The maximum absolute atomic E-state index is 5.27. The molecule has 0 spiro atoms. The SMILES string of the molecule is COc1ccc(-n2cnc3cc(Nc4nnc(-c5ccc(C)cc5)c5ccccc45)ccc32)cc1. The first-order valence-corrected chi connectivity index (χ1v) is 11.4. The number of methoxy groups -OCH3 is 1. The zero-order chi connectivity index (χ0) is 23.8. The summed E-state index contributed by atoms with van der Waals surface area (Å²) in [5.41, 5.74) is 6.98. The largest absolute Gasteiger partial charge is 0.497 e. The lowest BCUT2D eigenvalue weighted by Crippen LogP contribution is -1.99. The summed E-state index contributed by atoms with van der Waals surface area (Å²) in [7, 11) is 1.67. The van der Waals surface area contributed by atoms with E-state index < -0.39 is 0 Å². The zero-order valence-corrected chi connectivity index (χ0v) is 19.4. The van der Waals surface area contributed by atoms with Crippen molar-refractivity contribution in [3.63, 3.8) is 0 Å². The Kier molecular flexibility index (Phi) is 5.11. The molecule has 1 N–H and O–H groups in total. The number of ether oxygens (including phenoxy) is 1. The van der Waals surface area contributed by atoms with E-state index in [1.54, 1.807) is 7.11 Å². The van der Waals surface area contributed by atoms with Crippen LogP contribution in [0.5, 0.6) is 5.75 Å². The summed E-state index contributed by atoms with van der Waals surface area (Å²) in [4.78, 5) is 4.62. The predicted octanol–water partition coefficient (Wildman–Crippen LogP) is 6.70. The van der Waals surface area contributed by atoms with Gasteiger partial charge in [0, 0.05) is 27.7 Å². The van der Waals surface area contributed by atoms with Crippen molar-refractivity contribution < 1.29 is 4.74 Å². The van der Waals surface area contributed by atoms with Crippen molar-refractivity contribution in [1.82, 2.24) is 19.7 Å². The first-order valence-electron chi connectivity index (χ1n) is 11.4. The van der Waals surface area contributed by atoms with E-state index in [1.807, 2.05) is 54.9 Å². The first-order chi connectivity index (χ1) is 17.2. The lowest BCUT2D eigenvalue weighted by Gasteiger charge is -2.12. The Hall–Kier alpha value is -4.71. The van der Waals surface area contributed by atoms with Crippen molar-refractivity contribution in [1.29, 1.82) is 0 Å². The van der Waals surface area contributed by atoms with Gasteiger partial charge >= 0.3 is 0 Å². The number of benzene rings is 4. The van der Waals surface area contributed by atoms with E-state index in [2.05, 4.69) is 74.5 Å². The van der Waals surface area contributed by atoms with Crippen LogP contribution >= 0.6 is 0 Å². The number of anilines is 2. The molecule has 6 heteroatoms. The normalized spacial score (nSPS) is 11.1. The second kappa shape index (κ2) is 8.57. The Balaban J connectivity index is 1.35. The third kappa shape index (κ3) is 3.85. The van der Waals surface area contributed by atoms with Crippen molar-refractivity contribution in [2.24, 2.45) is 0 Å². The van der Waals surface area contributed by atoms with Gasteiger partial charge in [-0.3, -0.25) is 4.57 Å². The quantitative estimate of drug-likeness (QED) is 0.312. The molecule has 2 aromatic heterocycles. The van der Waals surface area contributed by atoms with Gasteiger partial charge in [0.05, 0.1) is 18.1 Å². The summed E-state index contributed by atoms with van der Waals surface area (Å²) in [6, 6.07) is 30.6. The van der Waals surface area contributed by atoms with Gasteiger partial charge in [-0.15, -0.1) is 10.2 Å². The molecule has 0 saturated heterocycles. The topological polar surface area (TPSA) is 64.9 Å². The molecule has 35 heavy (non-hydrogen) atoms. The third-order valence-corrected chi connectivity index (χ3v) is 6.17. The first kappa shape index (κ1) is 20.9. The van der Waals surface area contributed by atoms with Gasteiger partial charge in [0.2, 0.25) is 0 Å². The fourth-order valence-corrected chi connectivity index (χ4v) is 4.30. The Morgan fingerprint density at radius 2 is 1.57 bits per heavy atom. The number of rotatable bonds is 5. The molecule has 0 fully saturated rings. The molecular formula is C29H23N5O. The van der Waals surface area contributed by atoms with Crippen molar-refractivity contribution >= 4 is 33.3 Å². The van der Waals surface area contributed by atoms with Gasteiger partial charge in [-0.1, -0.05) is 54.1 Å². The summed E-state index contributed by atoms with van der Waals surface area (Å²) in [6.45, 7) is 2.08. The lowest BCUT2D eigenvalue weighted by atomic mass is 10.0. The van der Waals surface area contributed by atoms with Gasteiger partial charge in [0.25, 0.3) is 0 Å². The standard InChI is InChI=1S/C29H23N5O/c1-19-7-9-20(10-8-19)28-24-5-3-4-6-25(24)29(33-32-28)31-21-11-16-27-26(17-21)30-18-34(27)22-12-14-23(35-2)15-13-22/h3-18H,1-2H3,(H,31,33). The number of aryl methyl sites for hydroxylation is 1. The lowest BCUT2D eigenvalue weighted by molar-refractivity contribution is 0.415. The zero-order valence-electron chi connectivity index (χ0n) is 19.4. The molecular weight excluding hydrogens is 434 g/mol. The minimum Gasteiger partial charge on any atom is -0.497 e. The molecule has 0 bridgehead atoms. The number of imidazole rings is 1. The van der Waals surface area contributed by atoms with E-state index in [4.69, 9.17) is 4.74 Å². The molecule has 0 aliphatic heterocycles. The van der Waals surface area contributed by atoms with Crippen molar-refractivity contribution in [3.8, 4) is 22.7 Å². The van der Waals surface area contributed by atoms with E-state index in [1.165, 1.54) is 5.56 Å². The second-order valence-corrected chi connectivity index (χ2v) is 8.45. The second-order valence-electron chi connectivity index (χ2n) is 8.45. The van der Waals surface area contributed by atoms with E-state index in [0.29, 0.717) is 5.82 Å². The number of hydrogen-bond acceptors (Lipinski definition) is 5. The van der Waals surface area contributed by atoms with Crippen LogP contribution in [0.1, 0.15) is 5.56 Å². The number of hydrogen-bond donors (Lipinski definition) is 1. The molecule has 6 aromatic rings. The van der Waals surface area contributed by atoms with Crippen LogP contribution in [0.25, 0.3) is 38.8 Å². The van der Waals surface area contributed by atoms with Gasteiger partial charge in [-0.05, 0) is 49.4 Å². The summed E-state index contributed by atoms with van der Waals surface area (Å²) in [5, 5.41) is 14.7. The smallest absolute Gasteiger partial charge is 0.161 e. The monoisotopic (exact) mass is 457 g/mol. The average molecular weight is 458 g/mol. The molecule has 0 aliphatic rings. The Bertz CT molecular complexity index is 1650. The van der Waals surface area contributed by atoms with E-state index in [9.17, 15) is 0 Å². The molecule has 0 radical (unpaired) electrons. The maximum Gasteiger partial charge on any atom is 0.161 e. The van der Waals surface area contributed by atoms with Crippen molar-refractivity contribution in [3.05, 3.63) is 103 Å². The van der Waals surface area contributed by atoms with Crippen LogP contribution in [0, 0.1) is 6.92 Å². The number of aromatic nitrogens is 4. The molecule has 4 aromatic carbocycles. The van der Waals surface area contributed by atoms with Crippen LogP contribution in [0.2, 0.25) is 0 Å². The summed E-state index contributed by atoms with van der Waals surface area (Å²) in [6.07, 6.45) is 1.84. The van der Waals surface area contributed by atoms with Crippen LogP contribution in [0.15, 0.2) is 97.3 Å². The van der Waals surface area contributed by atoms with Crippen LogP contribution in [0.4, 0.5) is 11.5 Å². The average Bonchev–Trinajstić information content (AvgIpc) is 3.33.